The van der Waals surface area contributed by atoms with Crippen molar-refractivity contribution >= 4 is 0 Å². The van der Waals surface area contributed by atoms with Gasteiger partial charge in [-0.3, -0.25) is 0 Å². The number of epoxide rings is 1. The van der Waals surface area contributed by atoms with Crippen molar-refractivity contribution in [2.75, 3.05) is 19.6 Å². The van der Waals surface area contributed by atoms with Gasteiger partial charge in [-0.1, -0.05) is 0 Å². The van der Waals surface area contributed by atoms with Crippen molar-refractivity contribution in [1.29, 1.82) is 0 Å². The van der Waals surface area contributed by atoms with Gasteiger partial charge >= 0.3 is 0 Å². The number of piperidine rings is 1. The molecule has 0 unspecified atom stereocenters. The summed E-state index contributed by atoms with van der Waals surface area (Å²) in [7, 11) is 0. The van der Waals surface area contributed by atoms with Gasteiger partial charge in [0, 0.05) is 19.6 Å². The van der Waals surface area contributed by atoms with Crippen LogP contribution < -0.4 is 0 Å². The zero-order valence-electron chi connectivity index (χ0n) is 6.83. The average Bonchev–Trinajstić information content (AvgIpc) is 2.78. The van der Waals surface area contributed by atoms with Crippen molar-refractivity contribution in [1.82, 2.24) is 4.90 Å². The summed E-state index contributed by atoms with van der Waals surface area (Å²) in [5.41, 5.74) is 0. The molecule has 2 nitrogen and oxygen atoms in total. The maximum atomic E-state index is 5.47. The number of ether oxygens (including phenoxy) is 1. The predicted molar refractivity (Wildman–Crippen MR) is 42.4 cm³/mol. The maximum absolute atomic E-state index is 5.47. The summed E-state index contributed by atoms with van der Waals surface area (Å²) in [6.45, 7) is 3.87. The van der Waals surface area contributed by atoms with E-state index in [-0.39, 0.29) is 0 Å². The Morgan fingerprint density at radius 1 is 1.18 bits per heavy atom. The van der Waals surface area contributed by atoms with E-state index in [1.54, 1.807) is 0 Å². The van der Waals surface area contributed by atoms with Crippen LogP contribution in [-0.2, 0) is 4.74 Å². The predicted octanol–water partition coefficient (Wildman–Crippen LogP) is 0.869. The molecule has 3 rings (SSSR count). The van der Waals surface area contributed by atoms with E-state index in [1.165, 1.54) is 38.9 Å². The van der Waals surface area contributed by atoms with Gasteiger partial charge in [0.1, 0.15) is 0 Å². The molecule has 2 heterocycles. The Morgan fingerprint density at radius 2 is 2.09 bits per heavy atom. The molecule has 0 spiro atoms. The average molecular weight is 153 g/mol. The first kappa shape index (κ1) is 6.44. The van der Waals surface area contributed by atoms with Crippen LogP contribution >= 0.6 is 0 Å². The molecule has 11 heavy (non-hydrogen) atoms. The largest absolute Gasteiger partial charge is 0.368 e. The fourth-order valence-corrected chi connectivity index (χ4v) is 2.08. The van der Waals surface area contributed by atoms with Gasteiger partial charge in [0.25, 0.3) is 0 Å². The standard InChI is InChI=1S/C9H15NO/c1-2-7(1)5-10-4-3-8-9(6-10)11-8/h7-9H,1-6H2/t8-,9-/m0/s1. The molecular weight excluding hydrogens is 138 g/mol. The molecule has 0 aromatic rings. The molecule has 62 valence electrons. The molecule has 0 radical (unpaired) electrons. The molecule has 2 saturated heterocycles. The molecule has 0 N–H and O–H groups in total. The second-order valence-electron chi connectivity index (χ2n) is 4.20. The fraction of sp³-hybridized carbons (Fsp3) is 1.00. The second-order valence-corrected chi connectivity index (χ2v) is 4.20. The van der Waals surface area contributed by atoms with E-state index in [0.29, 0.717) is 12.2 Å². The Bertz CT molecular complexity index is 165. The number of hydrogen-bond donors (Lipinski definition) is 0. The van der Waals surface area contributed by atoms with Crippen LogP contribution in [0, 0.1) is 5.92 Å². The van der Waals surface area contributed by atoms with Crippen molar-refractivity contribution in [2.24, 2.45) is 5.92 Å². The molecular formula is C9H15NO. The molecule has 0 aromatic heterocycles. The van der Waals surface area contributed by atoms with Crippen LogP contribution in [0.4, 0.5) is 0 Å². The summed E-state index contributed by atoms with van der Waals surface area (Å²) in [5.74, 6) is 1.05. The maximum Gasteiger partial charge on any atom is 0.0968 e. The second kappa shape index (κ2) is 2.20. The first-order chi connectivity index (χ1) is 5.42. The molecule has 1 aliphatic carbocycles. The summed E-state index contributed by atoms with van der Waals surface area (Å²) >= 11 is 0. The molecule has 2 atom stereocenters. The van der Waals surface area contributed by atoms with Crippen molar-refractivity contribution in [3.8, 4) is 0 Å². The van der Waals surface area contributed by atoms with Crippen LogP contribution in [0.1, 0.15) is 19.3 Å². The van der Waals surface area contributed by atoms with E-state index in [0.717, 1.165) is 5.92 Å². The minimum absolute atomic E-state index is 0.627. The highest BCUT2D eigenvalue weighted by molar-refractivity contribution is 4.93. The lowest BCUT2D eigenvalue weighted by atomic mass is 10.1. The third kappa shape index (κ3) is 1.30. The summed E-state index contributed by atoms with van der Waals surface area (Å²) in [4.78, 5) is 2.59. The lowest BCUT2D eigenvalue weighted by Gasteiger charge is -2.23. The molecule has 3 aliphatic rings. The monoisotopic (exact) mass is 153 g/mol. The molecule has 1 saturated carbocycles. The normalized spacial score (nSPS) is 43.6. The molecule has 3 fully saturated rings. The van der Waals surface area contributed by atoms with Crippen LogP contribution in [0.2, 0.25) is 0 Å². The minimum Gasteiger partial charge on any atom is -0.368 e. The first-order valence-corrected chi connectivity index (χ1v) is 4.79. The smallest absolute Gasteiger partial charge is 0.0968 e. The Kier molecular flexibility index (Phi) is 1.29. The zero-order chi connectivity index (χ0) is 7.26. The van der Waals surface area contributed by atoms with Crippen LogP contribution in [0.15, 0.2) is 0 Å². The SMILES string of the molecule is C1CC1CN1CC[C@@H]2O[C@H]2C1. The van der Waals surface area contributed by atoms with Crippen LogP contribution in [-0.4, -0.2) is 36.7 Å². The van der Waals surface area contributed by atoms with Gasteiger partial charge in [0.05, 0.1) is 12.2 Å². The summed E-state index contributed by atoms with van der Waals surface area (Å²) < 4.78 is 5.47. The third-order valence-electron chi connectivity index (χ3n) is 3.07. The van der Waals surface area contributed by atoms with E-state index in [4.69, 9.17) is 4.74 Å². The Balaban J connectivity index is 1.52. The fourth-order valence-electron chi connectivity index (χ4n) is 2.08. The summed E-state index contributed by atoms with van der Waals surface area (Å²) in [5, 5.41) is 0. The first-order valence-electron chi connectivity index (χ1n) is 4.79. The molecule has 2 heteroatoms. The topological polar surface area (TPSA) is 15.8 Å². The van der Waals surface area contributed by atoms with Crippen molar-refractivity contribution in [3.63, 3.8) is 0 Å². The number of hydrogen-bond acceptors (Lipinski definition) is 2. The highest BCUT2D eigenvalue weighted by Gasteiger charge is 2.43. The Hall–Kier alpha value is -0.0800. The highest BCUT2D eigenvalue weighted by atomic mass is 16.6. The van der Waals surface area contributed by atoms with Crippen LogP contribution in [0.5, 0.6) is 0 Å². The van der Waals surface area contributed by atoms with Crippen molar-refractivity contribution < 1.29 is 4.74 Å². The van der Waals surface area contributed by atoms with Gasteiger partial charge in [0.2, 0.25) is 0 Å². The van der Waals surface area contributed by atoms with Gasteiger partial charge in [0.15, 0.2) is 0 Å². The summed E-state index contributed by atoms with van der Waals surface area (Å²) in [6, 6.07) is 0. The quantitative estimate of drug-likeness (QED) is 0.547. The van der Waals surface area contributed by atoms with Crippen molar-refractivity contribution in [2.45, 2.75) is 31.5 Å². The molecule has 2 aliphatic heterocycles. The van der Waals surface area contributed by atoms with E-state index in [2.05, 4.69) is 4.90 Å². The van der Waals surface area contributed by atoms with Gasteiger partial charge in [-0.25, -0.2) is 0 Å². The van der Waals surface area contributed by atoms with Crippen LogP contribution in [0.3, 0.4) is 0 Å². The molecule has 0 amide bonds. The Morgan fingerprint density at radius 3 is 2.82 bits per heavy atom. The van der Waals surface area contributed by atoms with E-state index in [1.807, 2.05) is 0 Å². The van der Waals surface area contributed by atoms with E-state index < -0.39 is 0 Å². The third-order valence-corrected chi connectivity index (χ3v) is 3.07. The summed E-state index contributed by atoms with van der Waals surface area (Å²) in [6.07, 6.45) is 5.53. The molecule has 0 bridgehead atoms. The van der Waals surface area contributed by atoms with Crippen molar-refractivity contribution in [3.05, 3.63) is 0 Å². The molecule has 0 aromatic carbocycles. The van der Waals surface area contributed by atoms with Crippen LogP contribution in [0.25, 0.3) is 0 Å². The highest BCUT2D eigenvalue weighted by Crippen LogP contribution is 2.34. The van der Waals surface area contributed by atoms with E-state index >= 15 is 0 Å². The van der Waals surface area contributed by atoms with Gasteiger partial charge < -0.3 is 9.64 Å². The number of nitrogens with zero attached hydrogens (tertiary/aromatic N) is 1. The van der Waals surface area contributed by atoms with Gasteiger partial charge in [-0.15, -0.1) is 0 Å². The lowest BCUT2D eigenvalue weighted by Crippen LogP contribution is -2.35. The number of likely N-dealkylation sites (tertiary alicyclic amines) is 1. The minimum atomic E-state index is 0.627. The lowest BCUT2D eigenvalue weighted by molar-refractivity contribution is 0.236. The Labute approximate surface area is 67.5 Å². The van der Waals surface area contributed by atoms with Gasteiger partial charge in [-0.2, -0.15) is 0 Å². The zero-order valence-corrected chi connectivity index (χ0v) is 6.83. The van der Waals surface area contributed by atoms with E-state index in [9.17, 15) is 0 Å². The van der Waals surface area contributed by atoms with Gasteiger partial charge in [-0.05, 0) is 25.2 Å². The number of rotatable bonds is 2. The number of fused-ring (bicyclic) bond motifs is 1.